The number of anilines is 2. The second kappa shape index (κ2) is 7.30. The first-order valence-electron chi connectivity index (χ1n) is 8.62. The van der Waals surface area contributed by atoms with E-state index in [2.05, 4.69) is 10.4 Å². The van der Waals surface area contributed by atoms with Crippen LogP contribution in [-0.2, 0) is 13.5 Å². The number of rotatable bonds is 3. The molecule has 3 aromatic rings. The quantitative estimate of drug-likeness (QED) is 0.698. The summed E-state index contributed by atoms with van der Waals surface area (Å²) >= 11 is 12.1. The average molecular weight is 415 g/mol. The number of hydrogen-bond acceptors (Lipinski definition) is 3. The summed E-state index contributed by atoms with van der Waals surface area (Å²) in [7, 11) is 1.77. The van der Waals surface area contributed by atoms with Gasteiger partial charge in [0.25, 0.3) is 11.8 Å². The normalized spacial score (nSPS) is 12.8. The number of aromatic nitrogens is 2. The molecule has 1 N–H and O–H groups in total. The van der Waals surface area contributed by atoms with Gasteiger partial charge in [0.1, 0.15) is 0 Å². The first-order valence-corrected chi connectivity index (χ1v) is 9.38. The molecule has 0 aliphatic carbocycles. The van der Waals surface area contributed by atoms with Crippen LogP contribution in [0.2, 0.25) is 10.0 Å². The fourth-order valence-electron chi connectivity index (χ4n) is 3.25. The number of amides is 2. The van der Waals surface area contributed by atoms with E-state index in [9.17, 15) is 9.59 Å². The number of halogens is 2. The molecule has 0 spiro atoms. The van der Waals surface area contributed by atoms with Crippen molar-refractivity contribution in [2.24, 2.45) is 7.05 Å². The molecule has 0 saturated carbocycles. The number of carbonyl (C=O) groups is 2. The molecule has 1 aromatic heterocycles. The van der Waals surface area contributed by atoms with Crippen molar-refractivity contribution in [1.82, 2.24) is 9.78 Å². The van der Waals surface area contributed by atoms with Gasteiger partial charge in [-0.15, -0.1) is 0 Å². The van der Waals surface area contributed by atoms with E-state index in [0.29, 0.717) is 39.8 Å². The Hall–Kier alpha value is -2.83. The SMILES string of the molecule is Cn1cc(C(=O)N2CCc3cc(NC(=O)c4cc(Cl)ccc4Cl)ccc32)cn1. The minimum absolute atomic E-state index is 0.0886. The van der Waals surface area contributed by atoms with Crippen LogP contribution in [0.1, 0.15) is 26.3 Å². The Labute approximate surface area is 171 Å². The Balaban J connectivity index is 1.54. The van der Waals surface area contributed by atoms with Crippen molar-refractivity contribution in [1.29, 1.82) is 0 Å². The Morgan fingerprint density at radius 2 is 1.96 bits per heavy atom. The van der Waals surface area contributed by atoms with Crippen molar-refractivity contribution in [3.63, 3.8) is 0 Å². The van der Waals surface area contributed by atoms with Crippen LogP contribution < -0.4 is 10.2 Å². The second-order valence-corrected chi connectivity index (χ2v) is 7.37. The summed E-state index contributed by atoms with van der Waals surface area (Å²) in [5, 5.41) is 7.66. The number of nitrogens with one attached hydrogen (secondary N) is 1. The predicted octanol–water partition coefficient (Wildman–Crippen LogP) is 4.18. The third-order valence-corrected chi connectivity index (χ3v) is 5.17. The van der Waals surface area contributed by atoms with Crippen molar-refractivity contribution < 1.29 is 9.59 Å². The van der Waals surface area contributed by atoms with Gasteiger partial charge < -0.3 is 10.2 Å². The van der Waals surface area contributed by atoms with E-state index < -0.39 is 0 Å². The van der Waals surface area contributed by atoms with E-state index in [4.69, 9.17) is 23.2 Å². The zero-order valence-electron chi connectivity index (χ0n) is 14.9. The monoisotopic (exact) mass is 414 g/mol. The van der Waals surface area contributed by atoms with Crippen LogP contribution in [0.4, 0.5) is 11.4 Å². The summed E-state index contributed by atoms with van der Waals surface area (Å²) in [5.74, 6) is -0.428. The molecule has 142 valence electrons. The molecule has 8 heteroatoms. The molecule has 28 heavy (non-hydrogen) atoms. The number of nitrogens with zero attached hydrogens (tertiary/aromatic N) is 3. The van der Waals surface area contributed by atoms with Gasteiger partial charge in [-0.2, -0.15) is 5.10 Å². The van der Waals surface area contributed by atoms with Gasteiger partial charge in [-0.25, -0.2) is 0 Å². The van der Waals surface area contributed by atoms with Crippen molar-refractivity contribution in [2.45, 2.75) is 6.42 Å². The van der Waals surface area contributed by atoms with Gasteiger partial charge in [-0.05, 0) is 48.4 Å². The van der Waals surface area contributed by atoms with Crippen LogP contribution in [0.3, 0.4) is 0 Å². The maximum atomic E-state index is 12.7. The molecular weight excluding hydrogens is 399 g/mol. The molecule has 6 nitrogen and oxygen atoms in total. The molecule has 2 heterocycles. The van der Waals surface area contributed by atoms with E-state index in [0.717, 1.165) is 11.3 Å². The molecule has 2 aromatic carbocycles. The van der Waals surface area contributed by atoms with E-state index in [1.54, 1.807) is 47.2 Å². The van der Waals surface area contributed by atoms with E-state index in [1.807, 2.05) is 12.1 Å². The topological polar surface area (TPSA) is 67.2 Å². The Morgan fingerprint density at radius 1 is 1.14 bits per heavy atom. The third-order valence-electron chi connectivity index (χ3n) is 4.60. The molecule has 1 aliphatic heterocycles. The highest BCUT2D eigenvalue weighted by atomic mass is 35.5. The molecule has 2 amide bonds. The smallest absolute Gasteiger partial charge is 0.261 e. The van der Waals surface area contributed by atoms with Crippen LogP contribution in [0.5, 0.6) is 0 Å². The van der Waals surface area contributed by atoms with Gasteiger partial charge in [-0.3, -0.25) is 14.3 Å². The fraction of sp³-hybridized carbons (Fsp3) is 0.150. The van der Waals surface area contributed by atoms with Crippen LogP contribution in [0.15, 0.2) is 48.8 Å². The minimum atomic E-state index is -0.339. The minimum Gasteiger partial charge on any atom is -0.322 e. The summed E-state index contributed by atoms with van der Waals surface area (Å²) in [4.78, 5) is 27.0. The van der Waals surface area contributed by atoms with Gasteiger partial charge >= 0.3 is 0 Å². The standard InChI is InChI=1S/C20H16Cl2N4O2/c1-25-11-13(10-23-25)20(28)26-7-6-12-8-15(3-5-18(12)26)24-19(27)16-9-14(21)2-4-17(16)22/h2-5,8-11H,6-7H2,1H3,(H,24,27). The average Bonchev–Trinajstić information content (AvgIpc) is 3.29. The van der Waals surface area contributed by atoms with Crippen molar-refractivity contribution in [2.75, 3.05) is 16.8 Å². The molecular formula is C20H16Cl2N4O2. The molecule has 0 bridgehead atoms. The number of carbonyl (C=O) groups excluding carboxylic acids is 2. The van der Waals surface area contributed by atoms with Crippen LogP contribution in [0, 0.1) is 0 Å². The highest BCUT2D eigenvalue weighted by Gasteiger charge is 2.26. The molecule has 0 atom stereocenters. The van der Waals surface area contributed by atoms with Gasteiger partial charge in [0.2, 0.25) is 0 Å². The fourth-order valence-corrected chi connectivity index (χ4v) is 3.62. The molecule has 0 fully saturated rings. The largest absolute Gasteiger partial charge is 0.322 e. The summed E-state index contributed by atoms with van der Waals surface area (Å²) in [5.41, 5.74) is 3.32. The highest BCUT2D eigenvalue weighted by molar-refractivity contribution is 6.36. The summed E-state index contributed by atoms with van der Waals surface area (Å²) in [6.45, 7) is 0.584. The summed E-state index contributed by atoms with van der Waals surface area (Å²) in [6.07, 6.45) is 3.97. The van der Waals surface area contributed by atoms with Crippen LogP contribution in [0.25, 0.3) is 0 Å². The lowest BCUT2D eigenvalue weighted by molar-refractivity contribution is 0.0987. The van der Waals surface area contributed by atoms with E-state index in [1.165, 1.54) is 6.07 Å². The third kappa shape index (κ3) is 3.48. The number of fused-ring (bicyclic) bond motifs is 1. The van der Waals surface area contributed by atoms with Gasteiger partial charge in [0.05, 0.1) is 22.3 Å². The lowest BCUT2D eigenvalue weighted by atomic mass is 10.1. The summed E-state index contributed by atoms with van der Waals surface area (Å²) in [6, 6.07) is 10.2. The van der Waals surface area contributed by atoms with Crippen molar-refractivity contribution in [3.05, 3.63) is 75.5 Å². The van der Waals surface area contributed by atoms with E-state index >= 15 is 0 Å². The maximum absolute atomic E-state index is 12.7. The van der Waals surface area contributed by atoms with Gasteiger partial charge in [0.15, 0.2) is 0 Å². The first-order chi connectivity index (χ1) is 13.4. The Morgan fingerprint density at radius 3 is 2.71 bits per heavy atom. The zero-order valence-corrected chi connectivity index (χ0v) is 16.5. The van der Waals surface area contributed by atoms with Crippen LogP contribution >= 0.6 is 23.2 Å². The number of hydrogen-bond donors (Lipinski definition) is 1. The van der Waals surface area contributed by atoms with Gasteiger partial charge in [-0.1, -0.05) is 23.2 Å². The van der Waals surface area contributed by atoms with Crippen molar-refractivity contribution in [3.8, 4) is 0 Å². The number of aryl methyl sites for hydroxylation is 1. The van der Waals surface area contributed by atoms with E-state index in [-0.39, 0.29) is 11.8 Å². The number of benzene rings is 2. The lowest BCUT2D eigenvalue weighted by Crippen LogP contribution is -2.28. The Kier molecular flexibility index (Phi) is 4.83. The summed E-state index contributed by atoms with van der Waals surface area (Å²) < 4.78 is 1.60. The Bertz CT molecular complexity index is 1090. The zero-order chi connectivity index (χ0) is 19.8. The predicted molar refractivity (Wildman–Crippen MR) is 109 cm³/mol. The molecule has 0 radical (unpaired) electrons. The molecule has 4 rings (SSSR count). The maximum Gasteiger partial charge on any atom is 0.261 e. The first kappa shape index (κ1) is 18.5. The molecule has 0 saturated heterocycles. The van der Waals surface area contributed by atoms with Crippen LogP contribution in [-0.4, -0.2) is 28.1 Å². The van der Waals surface area contributed by atoms with Crippen molar-refractivity contribution >= 4 is 46.4 Å². The lowest BCUT2D eigenvalue weighted by Gasteiger charge is -2.17. The molecule has 1 aliphatic rings. The highest BCUT2D eigenvalue weighted by Crippen LogP contribution is 2.32. The van der Waals surface area contributed by atoms with Gasteiger partial charge in [0, 0.05) is 36.2 Å². The second-order valence-electron chi connectivity index (χ2n) is 6.53. The molecule has 0 unspecified atom stereocenters.